The van der Waals surface area contributed by atoms with E-state index in [4.69, 9.17) is 11.6 Å². The first-order valence-corrected chi connectivity index (χ1v) is 6.04. The van der Waals surface area contributed by atoms with Gasteiger partial charge in [0, 0.05) is 11.8 Å². The normalized spacial score (nSPS) is 10.2. The van der Waals surface area contributed by atoms with Crippen LogP contribution in [0.4, 0.5) is 11.8 Å². The van der Waals surface area contributed by atoms with E-state index in [-0.39, 0.29) is 5.95 Å². The molecule has 1 aromatic heterocycles. The summed E-state index contributed by atoms with van der Waals surface area (Å²) in [4.78, 5) is 8.06. The number of rotatable bonds is 4. The molecule has 5 nitrogen and oxygen atoms in total. The van der Waals surface area contributed by atoms with Crippen molar-refractivity contribution in [1.29, 1.82) is 0 Å². The van der Waals surface area contributed by atoms with E-state index >= 15 is 0 Å². The van der Waals surface area contributed by atoms with Crippen molar-refractivity contribution in [3.63, 3.8) is 0 Å². The van der Waals surface area contributed by atoms with Crippen LogP contribution in [0.3, 0.4) is 0 Å². The van der Waals surface area contributed by atoms with Crippen LogP contribution in [0, 0.1) is 0 Å². The molecule has 5 N–H and O–H groups in total. The summed E-state index contributed by atoms with van der Waals surface area (Å²) in [5.74, 6) is 6.86. The van der Waals surface area contributed by atoms with Crippen LogP contribution >= 0.6 is 11.8 Å². The Morgan fingerprint density at radius 1 is 1.18 bits per heavy atom. The Hall–Kier alpha value is -1.79. The minimum atomic E-state index is 0.219. The molecule has 2 rings (SSSR count). The van der Waals surface area contributed by atoms with Crippen molar-refractivity contribution in [2.75, 3.05) is 11.2 Å². The molecule has 1 heterocycles. The molecular formula is C11H13N5S. The second kappa shape index (κ2) is 5.51. The molecule has 0 unspecified atom stereocenters. The molecule has 17 heavy (non-hydrogen) atoms. The van der Waals surface area contributed by atoms with Gasteiger partial charge in [0.1, 0.15) is 10.8 Å². The van der Waals surface area contributed by atoms with Gasteiger partial charge in [-0.1, -0.05) is 30.3 Å². The standard InChI is InChI=1S/C11H13N5S/c12-11-14-9(16-13)6-10(15-11)17-7-8-4-2-1-3-5-8/h1-6H,7,13H2,(H3,12,14,15,16). The number of nitrogens with one attached hydrogen (secondary N) is 1. The summed E-state index contributed by atoms with van der Waals surface area (Å²) in [7, 11) is 0. The predicted octanol–water partition coefficient (Wildman–Crippen LogP) is 1.64. The van der Waals surface area contributed by atoms with Gasteiger partial charge >= 0.3 is 0 Å². The molecule has 0 aliphatic heterocycles. The van der Waals surface area contributed by atoms with Crippen LogP contribution in [0.1, 0.15) is 5.56 Å². The Balaban J connectivity index is 2.06. The molecule has 6 heteroatoms. The van der Waals surface area contributed by atoms with E-state index < -0.39 is 0 Å². The lowest BCUT2D eigenvalue weighted by atomic mass is 10.2. The Labute approximate surface area is 104 Å². The van der Waals surface area contributed by atoms with Crippen molar-refractivity contribution in [3.8, 4) is 0 Å². The minimum absolute atomic E-state index is 0.219. The molecule has 1 aromatic carbocycles. The summed E-state index contributed by atoms with van der Waals surface area (Å²) in [6.45, 7) is 0. The third kappa shape index (κ3) is 3.33. The van der Waals surface area contributed by atoms with Crippen molar-refractivity contribution in [2.45, 2.75) is 10.8 Å². The lowest BCUT2D eigenvalue weighted by Gasteiger charge is -2.04. The van der Waals surface area contributed by atoms with Gasteiger partial charge in [0.15, 0.2) is 0 Å². The smallest absolute Gasteiger partial charge is 0.223 e. The zero-order valence-corrected chi connectivity index (χ0v) is 9.95. The zero-order chi connectivity index (χ0) is 12.1. The molecule has 0 aliphatic rings. The van der Waals surface area contributed by atoms with Gasteiger partial charge in [-0.2, -0.15) is 4.98 Å². The number of nitrogen functional groups attached to an aromatic ring is 2. The number of nitrogens with two attached hydrogens (primary N) is 2. The van der Waals surface area contributed by atoms with Gasteiger partial charge in [-0.3, -0.25) is 0 Å². The van der Waals surface area contributed by atoms with Gasteiger partial charge in [0.2, 0.25) is 5.95 Å². The maximum atomic E-state index is 5.57. The van der Waals surface area contributed by atoms with Crippen molar-refractivity contribution < 1.29 is 0 Å². The van der Waals surface area contributed by atoms with Gasteiger partial charge in [0.25, 0.3) is 0 Å². The predicted molar refractivity (Wildman–Crippen MR) is 70.3 cm³/mol. The van der Waals surface area contributed by atoms with Crippen LogP contribution in [0.5, 0.6) is 0 Å². The highest BCUT2D eigenvalue weighted by atomic mass is 32.2. The van der Waals surface area contributed by atoms with E-state index in [1.165, 1.54) is 5.56 Å². The number of benzene rings is 1. The van der Waals surface area contributed by atoms with Crippen LogP contribution in [0.2, 0.25) is 0 Å². The van der Waals surface area contributed by atoms with Crippen LogP contribution in [0.15, 0.2) is 41.4 Å². The Kier molecular flexibility index (Phi) is 3.79. The van der Waals surface area contributed by atoms with E-state index in [0.29, 0.717) is 5.82 Å². The second-order valence-corrected chi connectivity index (χ2v) is 4.36. The van der Waals surface area contributed by atoms with E-state index in [1.54, 1.807) is 17.8 Å². The Bertz CT molecular complexity index is 488. The molecule has 0 bridgehead atoms. The number of anilines is 2. The summed E-state index contributed by atoms with van der Waals surface area (Å²) >= 11 is 1.59. The number of nitrogens with zero attached hydrogens (tertiary/aromatic N) is 2. The summed E-state index contributed by atoms with van der Waals surface area (Å²) < 4.78 is 0. The highest BCUT2D eigenvalue weighted by Crippen LogP contribution is 2.22. The van der Waals surface area contributed by atoms with Gasteiger partial charge in [0.05, 0.1) is 0 Å². The van der Waals surface area contributed by atoms with Crippen molar-refractivity contribution in [2.24, 2.45) is 5.84 Å². The molecular weight excluding hydrogens is 234 g/mol. The van der Waals surface area contributed by atoms with Gasteiger partial charge < -0.3 is 11.2 Å². The summed E-state index contributed by atoms with van der Waals surface area (Å²) in [6.07, 6.45) is 0. The maximum absolute atomic E-state index is 5.57. The third-order valence-corrected chi connectivity index (χ3v) is 3.08. The van der Waals surface area contributed by atoms with E-state index in [0.717, 1.165) is 10.8 Å². The topological polar surface area (TPSA) is 89.8 Å². The lowest BCUT2D eigenvalue weighted by Crippen LogP contribution is -2.10. The largest absolute Gasteiger partial charge is 0.368 e. The van der Waals surface area contributed by atoms with Crippen molar-refractivity contribution >= 4 is 23.5 Å². The number of hydrazine groups is 1. The molecule has 2 aromatic rings. The SMILES string of the molecule is NNc1cc(SCc2ccccc2)nc(N)n1. The average Bonchev–Trinajstić information content (AvgIpc) is 2.37. The molecule has 0 saturated heterocycles. The zero-order valence-electron chi connectivity index (χ0n) is 9.13. The highest BCUT2D eigenvalue weighted by molar-refractivity contribution is 7.98. The number of hydrogen-bond donors (Lipinski definition) is 3. The van der Waals surface area contributed by atoms with Gasteiger partial charge in [-0.15, -0.1) is 11.8 Å². The van der Waals surface area contributed by atoms with Crippen LogP contribution < -0.4 is 17.0 Å². The van der Waals surface area contributed by atoms with Crippen LogP contribution in [0.25, 0.3) is 0 Å². The first-order chi connectivity index (χ1) is 8.28. The van der Waals surface area contributed by atoms with Gasteiger partial charge in [-0.05, 0) is 5.56 Å². The Morgan fingerprint density at radius 3 is 2.65 bits per heavy atom. The van der Waals surface area contributed by atoms with E-state index in [1.807, 2.05) is 18.2 Å². The van der Waals surface area contributed by atoms with Gasteiger partial charge in [-0.25, -0.2) is 10.8 Å². The molecule has 0 atom stereocenters. The Morgan fingerprint density at radius 2 is 1.94 bits per heavy atom. The molecule has 0 radical (unpaired) electrons. The van der Waals surface area contributed by atoms with Crippen molar-refractivity contribution in [3.05, 3.63) is 42.0 Å². The third-order valence-electron chi connectivity index (χ3n) is 2.10. The minimum Gasteiger partial charge on any atom is -0.368 e. The summed E-state index contributed by atoms with van der Waals surface area (Å²) in [5.41, 5.74) is 9.27. The monoisotopic (exact) mass is 247 g/mol. The highest BCUT2D eigenvalue weighted by Gasteiger charge is 2.02. The molecule has 0 saturated carbocycles. The molecule has 0 aliphatic carbocycles. The molecule has 0 amide bonds. The number of thioether (sulfide) groups is 1. The first kappa shape index (κ1) is 11.7. The fraction of sp³-hybridized carbons (Fsp3) is 0.0909. The fourth-order valence-corrected chi connectivity index (χ4v) is 2.18. The molecule has 88 valence electrons. The summed E-state index contributed by atoms with van der Waals surface area (Å²) in [6, 6.07) is 11.9. The second-order valence-electron chi connectivity index (χ2n) is 3.37. The van der Waals surface area contributed by atoms with Crippen LogP contribution in [-0.2, 0) is 5.75 Å². The van der Waals surface area contributed by atoms with E-state index in [9.17, 15) is 0 Å². The van der Waals surface area contributed by atoms with E-state index in [2.05, 4.69) is 27.5 Å². The quantitative estimate of drug-likeness (QED) is 0.329. The first-order valence-electron chi connectivity index (χ1n) is 5.06. The van der Waals surface area contributed by atoms with Crippen molar-refractivity contribution in [1.82, 2.24) is 9.97 Å². The van der Waals surface area contributed by atoms with Crippen LogP contribution in [-0.4, -0.2) is 9.97 Å². The number of hydrogen-bond acceptors (Lipinski definition) is 6. The number of aromatic nitrogens is 2. The summed E-state index contributed by atoms with van der Waals surface area (Å²) in [5, 5.41) is 0.800. The fourth-order valence-electron chi connectivity index (χ4n) is 1.32. The maximum Gasteiger partial charge on any atom is 0.223 e. The average molecular weight is 247 g/mol. The molecule has 0 fully saturated rings. The molecule has 0 spiro atoms. The lowest BCUT2D eigenvalue weighted by molar-refractivity contribution is 1.05.